The summed E-state index contributed by atoms with van der Waals surface area (Å²) in [5.74, 6) is -0.691. The number of hydrogen-bond donors (Lipinski definition) is 3. The molecule has 0 aliphatic heterocycles. The van der Waals surface area contributed by atoms with E-state index in [1.807, 2.05) is 30.3 Å². The lowest BCUT2D eigenvalue weighted by atomic mass is 10.0. The number of phenols is 1. The highest BCUT2D eigenvalue weighted by molar-refractivity contribution is 6.33. The van der Waals surface area contributed by atoms with E-state index in [-0.39, 0.29) is 28.8 Å². The number of hydroxylamine groups is 1. The SMILES string of the molecule is O=C(NOCc1nn[nH]n1)c1cc(-c2ccccc2)cc(Cl)c1O. The topological polar surface area (TPSA) is 113 Å². The van der Waals surface area contributed by atoms with Crippen molar-refractivity contribution >= 4 is 17.5 Å². The van der Waals surface area contributed by atoms with Gasteiger partial charge in [0.15, 0.2) is 0 Å². The van der Waals surface area contributed by atoms with Gasteiger partial charge in [0.2, 0.25) is 5.82 Å². The average Bonchev–Trinajstić information content (AvgIpc) is 3.11. The summed E-state index contributed by atoms with van der Waals surface area (Å²) in [6.45, 7) is -0.0743. The summed E-state index contributed by atoms with van der Waals surface area (Å²) in [6, 6.07) is 12.5. The van der Waals surface area contributed by atoms with E-state index in [0.29, 0.717) is 5.56 Å². The summed E-state index contributed by atoms with van der Waals surface area (Å²) in [5.41, 5.74) is 3.76. The van der Waals surface area contributed by atoms with Crippen LogP contribution in [-0.2, 0) is 11.4 Å². The molecule has 0 aliphatic rings. The maximum Gasteiger partial charge on any atom is 0.278 e. The third kappa shape index (κ3) is 3.50. The Labute approximate surface area is 141 Å². The number of amides is 1. The van der Waals surface area contributed by atoms with Crippen LogP contribution in [0.3, 0.4) is 0 Å². The van der Waals surface area contributed by atoms with Gasteiger partial charge in [-0.25, -0.2) is 5.48 Å². The highest BCUT2D eigenvalue weighted by Crippen LogP contribution is 2.33. The molecule has 9 heteroatoms. The van der Waals surface area contributed by atoms with Crippen molar-refractivity contribution in [3.8, 4) is 16.9 Å². The fraction of sp³-hybridized carbons (Fsp3) is 0.0667. The minimum atomic E-state index is -0.643. The molecule has 0 saturated carbocycles. The number of nitrogens with one attached hydrogen (secondary N) is 2. The third-order valence-corrected chi connectivity index (χ3v) is 3.46. The van der Waals surface area contributed by atoms with Gasteiger partial charge < -0.3 is 5.11 Å². The van der Waals surface area contributed by atoms with Crippen molar-refractivity contribution in [2.45, 2.75) is 6.61 Å². The number of phenolic OH excluding ortho intramolecular Hbond substituents is 1. The second-order valence-electron chi connectivity index (χ2n) is 4.77. The molecule has 2 aromatic carbocycles. The highest BCUT2D eigenvalue weighted by atomic mass is 35.5. The highest BCUT2D eigenvalue weighted by Gasteiger charge is 2.17. The fourth-order valence-electron chi connectivity index (χ4n) is 2.03. The number of carbonyl (C=O) groups excluding carboxylic acids is 1. The van der Waals surface area contributed by atoms with Crippen molar-refractivity contribution in [2.75, 3.05) is 0 Å². The molecular weight excluding hydrogens is 334 g/mol. The van der Waals surface area contributed by atoms with E-state index in [2.05, 4.69) is 26.1 Å². The number of halogens is 1. The smallest absolute Gasteiger partial charge is 0.278 e. The van der Waals surface area contributed by atoms with Gasteiger partial charge in [-0.3, -0.25) is 9.63 Å². The molecule has 0 radical (unpaired) electrons. The molecule has 0 bridgehead atoms. The number of aromatic amines is 1. The first kappa shape index (κ1) is 15.9. The first-order chi connectivity index (χ1) is 11.6. The minimum absolute atomic E-state index is 0.00512. The predicted octanol–water partition coefficient (Wildman–Crippen LogP) is 2.09. The van der Waals surface area contributed by atoms with Crippen LogP contribution < -0.4 is 5.48 Å². The number of benzene rings is 2. The number of hydrogen-bond acceptors (Lipinski definition) is 6. The molecule has 122 valence electrons. The molecule has 24 heavy (non-hydrogen) atoms. The van der Waals surface area contributed by atoms with E-state index in [4.69, 9.17) is 16.4 Å². The van der Waals surface area contributed by atoms with Gasteiger partial charge in [-0.2, -0.15) is 5.21 Å². The molecule has 1 amide bonds. The largest absolute Gasteiger partial charge is 0.506 e. The fourth-order valence-corrected chi connectivity index (χ4v) is 2.25. The van der Waals surface area contributed by atoms with Gasteiger partial charge in [0, 0.05) is 0 Å². The van der Waals surface area contributed by atoms with Crippen molar-refractivity contribution in [1.29, 1.82) is 0 Å². The van der Waals surface area contributed by atoms with Gasteiger partial charge in [0.1, 0.15) is 12.4 Å². The number of aromatic hydroxyl groups is 1. The Balaban J connectivity index is 1.78. The summed E-state index contributed by atoms with van der Waals surface area (Å²) in [5, 5.41) is 23.1. The van der Waals surface area contributed by atoms with Crippen molar-refractivity contribution in [3.63, 3.8) is 0 Å². The molecule has 1 aromatic heterocycles. The molecule has 0 aliphatic carbocycles. The Morgan fingerprint density at radius 1 is 1.25 bits per heavy atom. The van der Waals surface area contributed by atoms with E-state index >= 15 is 0 Å². The summed E-state index contributed by atoms with van der Waals surface area (Å²) in [4.78, 5) is 17.2. The van der Waals surface area contributed by atoms with Crippen molar-refractivity contribution < 1.29 is 14.7 Å². The molecule has 0 fully saturated rings. The van der Waals surface area contributed by atoms with Crippen LogP contribution >= 0.6 is 11.6 Å². The first-order valence-corrected chi connectivity index (χ1v) is 7.25. The van der Waals surface area contributed by atoms with Crippen molar-refractivity contribution in [3.05, 3.63) is 58.9 Å². The minimum Gasteiger partial charge on any atom is -0.506 e. The predicted molar refractivity (Wildman–Crippen MR) is 85.0 cm³/mol. The average molecular weight is 346 g/mol. The molecule has 3 aromatic rings. The van der Waals surface area contributed by atoms with Gasteiger partial charge in [-0.15, -0.1) is 10.2 Å². The number of carbonyl (C=O) groups is 1. The summed E-state index contributed by atoms with van der Waals surface area (Å²) < 4.78 is 0. The zero-order valence-electron chi connectivity index (χ0n) is 12.2. The zero-order chi connectivity index (χ0) is 16.9. The van der Waals surface area contributed by atoms with E-state index in [0.717, 1.165) is 5.56 Å². The van der Waals surface area contributed by atoms with Gasteiger partial charge >= 0.3 is 0 Å². The zero-order valence-corrected chi connectivity index (χ0v) is 13.0. The van der Waals surface area contributed by atoms with Gasteiger partial charge in [0.05, 0.1) is 10.6 Å². The lowest BCUT2D eigenvalue weighted by Crippen LogP contribution is -2.24. The van der Waals surface area contributed by atoms with E-state index in [9.17, 15) is 9.90 Å². The Morgan fingerprint density at radius 2 is 2.04 bits per heavy atom. The number of rotatable bonds is 5. The molecule has 8 nitrogen and oxygen atoms in total. The molecule has 3 rings (SSSR count). The first-order valence-electron chi connectivity index (χ1n) is 6.87. The Morgan fingerprint density at radius 3 is 2.75 bits per heavy atom. The number of nitrogens with zero attached hydrogens (tertiary/aromatic N) is 3. The van der Waals surface area contributed by atoms with E-state index < -0.39 is 5.91 Å². The Bertz CT molecular complexity index is 840. The summed E-state index contributed by atoms with van der Waals surface area (Å²) in [6.07, 6.45) is 0. The van der Waals surface area contributed by atoms with Gasteiger partial charge in [0.25, 0.3) is 5.91 Å². The molecule has 0 atom stereocenters. The molecule has 1 heterocycles. The van der Waals surface area contributed by atoms with Crippen molar-refractivity contribution in [2.24, 2.45) is 0 Å². The van der Waals surface area contributed by atoms with Crippen LogP contribution in [0.1, 0.15) is 16.2 Å². The van der Waals surface area contributed by atoms with E-state index in [1.165, 1.54) is 6.07 Å². The van der Waals surface area contributed by atoms with Gasteiger partial charge in [-0.1, -0.05) is 47.1 Å². The van der Waals surface area contributed by atoms with Gasteiger partial charge in [-0.05, 0) is 23.3 Å². The van der Waals surface area contributed by atoms with Crippen LogP contribution in [0.2, 0.25) is 5.02 Å². The maximum atomic E-state index is 12.2. The van der Waals surface area contributed by atoms with Crippen molar-refractivity contribution in [1.82, 2.24) is 26.1 Å². The Hall–Kier alpha value is -2.97. The number of H-pyrrole nitrogens is 1. The molecule has 0 unspecified atom stereocenters. The van der Waals surface area contributed by atoms with Crippen LogP contribution in [0.15, 0.2) is 42.5 Å². The standard InChI is InChI=1S/C15H12ClN5O3/c16-12-7-10(9-4-2-1-3-5-9)6-11(14(12)22)15(23)19-24-8-13-17-20-21-18-13/h1-7,22H,8H2,(H,19,23)(H,17,18,20,21). The number of tetrazole rings is 1. The molecule has 0 saturated heterocycles. The summed E-state index contributed by atoms with van der Waals surface area (Å²) >= 11 is 6.03. The third-order valence-electron chi connectivity index (χ3n) is 3.17. The van der Waals surface area contributed by atoms with Crippen LogP contribution in [0, 0.1) is 0 Å². The lowest BCUT2D eigenvalue weighted by molar-refractivity contribution is 0.0207. The molecule has 0 spiro atoms. The van der Waals surface area contributed by atoms with E-state index in [1.54, 1.807) is 6.07 Å². The quantitative estimate of drug-likeness (QED) is 0.610. The second-order valence-corrected chi connectivity index (χ2v) is 5.18. The molecular formula is C15H12ClN5O3. The second kappa shape index (κ2) is 7.07. The Kier molecular flexibility index (Phi) is 4.69. The lowest BCUT2D eigenvalue weighted by Gasteiger charge is -2.10. The molecule has 3 N–H and O–H groups in total. The van der Waals surface area contributed by atoms with Crippen LogP contribution in [0.4, 0.5) is 0 Å². The van der Waals surface area contributed by atoms with Crippen LogP contribution in [0.5, 0.6) is 5.75 Å². The summed E-state index contributed by atoms with van der Waals surface area (Å²) in [7, 11) is 0. The monoisotopic (exact) mass is 345 g/mol. The number of aromatic nitrogens is 4. The van der Waals surface area contributed by atoms with Crippen LogP contribution in [0.25, 0.3) is 11.1 Å². The maximum absolute atomic E-state index is 12.2. The van der Waals surface area contributed by atoms with Crippen LogP contribution in [-0.4, -0.2) is 31.6 Å². The normalized spacial score (nSPS) is 10.5.